The van der Waals surface area contributed by atoms with Gasteiger partial charge < -0.3 is 25.0 Å². The predicted octanol–water partition coefficient (Wildman–Crippen LogP) is 1.49. The number of likely N-dealkylation sites (tertiary alicyclic amines) is 1. The highest BCUT2D eigenvalue weighted by Crippen LogP contribution is 2.17. The van der Waals surface area contributed by atoms with Gasteiger partial charge in [0.1, 0.15) is 5.69 Å². The van der Waals surface area contributed by atoms with Gasteiger partial charge in [0.15, 0.2) is 0 Å². The lowest BCUT2D eigenvalue weighted by molar-refractivity contribution is 0.0931. The second-order valence-electron chi connectivity index (χ2n) is 5.79. The Morgan fingerprint density at radius 1 is 1.32 bits per heavy atom. The molecule has 8 heteroatoms. The number of amides is 2. The molecule has 8 nitrogen and oxygen atoms in total. The van der Waals surface area contributed by atoms with Gasteiger partial charge in [-0.25, -0.2) is 9.78 Å². The van der Waals surface area contributed by atoms with Gasteiger partial charge in [0, 0.05) is 32.8 Å². The molecular formula is C17H26N4O4. The summed E-state index contributed by atoms with van der Waals surface area (Å²) in [6, 6.07) is 3.81. The van der Waals surface area contributed by atoms with E-state index in [1.54, 1.807) is 31.2 Å². The normalized spacial score (nSPS) is 14.9. The number of pyridine rings is 1. The van der Waals surface area contributed by atoms with Crippen LogP contribution >= 0.6 is 0 Å². The topological polar surface area (TPSA) is 92.8 Å². The van der Waals surface area contributed by atoms with E-state index in [9.17, 15) is 9.59 Å². The molecule has 0 bridgehead atoms. The minimum Gasteiger partial charge on any atom is -0.450 e. The van der Waals surface area contributed by atoms with E-state index in [1.165, 1.54) is 0 Å². The minimum absolute atomic E-state index is 0.216. The molecule has 0 aliphatic carbocycles. The highest BCUT2D eigenvalue weighted by Gasteiger charge is 2.23. The number of aromatic nitrogens is 1. The third-order valence-electron chi connectivity index (χ3n) is 3.98. The molecule has 1 aliphatic rings. The molecule has 0 spiro atoms. The van der Waals surface area contributed by atoms with Crippen molar-refractivity contribution in [3.8, 4) is 0 Å². The van der Waals surface area contributed by atoms with Gasteiger partial charge in [-0.1, -0.05) is 0 Å². The Balaban J connectivity index is 1.78. The summed E-state index contributed by atoms with van der Waals surface area (Å²) in [5.41, 5.74) is 1.24. The summed E-state index contributed by atoms with van der Waals surface area (Å²) in [6.45, 7) is 4.47. The van der Waals surface area contributed by atoms with Crippen LogP contribution in [-0.2, 0) is 9.47 Å². The van der Waals surface area contributed by atoms with Crippen molar-refractivity contribution in [2.24, 2.45) is 0 Å². The maximum atomic E-state index is 11.9. The van der Waals surface area contributed by atoms with E-state index in [0.717, 1.165) is 18.5 Å². The van der Waals surface area contributed by atoms with Crippen molar-refractivity contribution >= 4 is 17.7 Å². The second kappa shape index (κ2) is 9.83. The van der Waals surface area contributed by atoms with E-state index in [0.29, 0.717) is 38.5 Å². The standard InChI is InChI=1S/C17H26N4O4/c1-3-25-17(23)21-9-6-13(7-10-21)20-14-4-5-15(19-12-14)16(22)18-8-11-24-2/h4-5,12-13,20H,3,6-11H2,1-2H3,(H,18,22). The molecule has 2 heterocycles. The third-order valence-corrected chi connectivity index (χ3v) is 3.98. The van der Waals surface area contributed by atoms with Gasteiger partial charge in [0.05, 0.1) is 25.1 Å². The molecule has 1 aromatic heterocycles. The first-order chi connectivity index (χ1) is 12.1. The Kier molecular flexibility index (Phi) is 7.46. The molecular weight excluding hydrogens is 324 g/mol. The van der Waals surface area contributed by atoms with Crippen molar-refractivity contribution in [3.63, 3.8) is 0 Å². The van der Waals surface area contributed by atoms with E-state index in [2.05, 4.69) is 15.6 Å². The van der Waals surface area contributed by atoms with Gasteiger partial charge in [0.2, 0.25) is 0 Å². The SMILES string of the molecule is CCOC(=O)N1CCC(Nc2ccc(C(=O)NCCOC)nc2)CC1. The van der Waals surface area contributed by atoms with Crippen LogP contribution in [0.25, 0.3) is 0 Å². The molecule has 138 valence electrons. The average Bonchev–Trinajstić information content (AvgIpc) is 2.63. The Labute approximate surface area is 147 Å². The zero-order valence-electron chi connectivity index (χ0n) is 14.8. The minimum atomic E-state index is -0.244. The average molecular weight is 350 g/mol. The number of piperidine rings is 1. The van der Waals surface area contributed by atoms with Crippen LogP contribution in [0.15, 0.2) is 18.3 Å². The molecule has 2 rings (SSSR count). The van der Waals surface area contributed by atoms with E-state index in [4.69, 9.17) is 9.47 Å². The fourth-order valence-electron chi connectivity index (χ4n) is 2.63. The smallest absolute Gasteiger partial charge is 0.409 e. The number of hydrogen-bond acceptors (Lipinski definition) is 6. The van der Waals surface area contributed by atoms with E-state index >= 15 is 0 Å². The summed E-state index contributed by atoms with van der Waals surface area (Å²) in [7, 11) is 1.59. The highest BCUT2D eigenvalue weighted by atomic mass is 16.6. The maximum Gasteiger partial charge on any atom is 0.409 e. The molecule has 0 radical (unpaired) electrons. The number of methoxy groups -OCH3 is 1. The van der Waals surface area contributed by atoms with Crippen LogP contribution in [-0.4, -0.2) is 67.9 Å². The number of anilines is 1. The van der Waals surface area contributed by atoms with Gasteiger partial charge in [-0.05, 0) is 31.9 Å². The van der Waals surface area contributed by atoms with Crippen LogP contribution in [0, 0.1) is 0 Å². The first-order valence-electron chi connectivity index (χ1n) is 8.55. The zero-order valence-corrected chi connectivity index (χ0v) is 14.8. The zero-order chi connectivity index (χ0) is 18.1. The molecule has 0 saturated carbocycles. The monoisotopic (exact) mass is 350 g/mol. The van der Waals surface area contributed by atoms with Gasteiger partial charge in [-0.2, -0.15) is 0 Å². The Morgan fingerprint density at radius 2 is 2.08 bits per heavy atom. The lowest BCUT2D eigenvalue weighted by Crippen LogP contribution is -2.42. The van der Waals surface area contributed by atoms with E-state index < -0.39 is 0 Å². The van der Waals surface area contributed by atoms with Crippen LogP contribution in [0.5, 0.6) is 0 Å². The maximum absolute atomic E-state index is 11.9. The molecule has 25 heavy (non-hydrogen) atoms. The van der Waals surface area contributed by atoms with Crippen molar-refractivity contribution < 1.29 is 19.1 Å². The predicted molar refractivity (Wildman–Crippen MR) is 93.7 cm³/mol. The van der Waals surface area contributed by atoms with Gasteiger partial charge in [-0.15, -0.1) is 0 Å². The Morgan fingerprint density at radius 3 is 2.68 bits per heavy atom. The number of carbonyl (C=O) groups is 2. The van der Waals surface area contributed by atoms with Crippen LogP contribution < -0.4 is 10.6 Å². The first-order valence-corrected chi connectivity index (χ1v) is 8.55. The van der Waals surface area contributed by atoms with Crippen LogP contribution in [0.3, 0.4) is 0 Å². The number of carbonyl (C=O) groups excluding carboxylic acids is 2. The molecule has 0 atom stereocenters. The van der Waals surface area contributed by atoms with E-state index in [1.807, 2.05) is 6.07 Å². The van der Waals surface area contributed by atoms with Gasteiger partial charge >= 0.3 is 6.09 Å². The fraction of sp³-hybridized carbons (Fsp3) is 0.588. The quantitative estimate of drug-likeness (QED) is 0.724. The third kappa shape index (κ3) is 5.90. The number of hydrogen-bond donors (Lipinski definition) is 2. The van der Waals surface area contributed by atoms with Crippen molar-refractivity contribution in [1.29, 1.82) is 0 Å². The molecule has 2 amide bonds. The summed E-state index contributed by atoms with van der Waals surface area (Å²) in [4.78, 5) is 29.5. The first kappa shape index (κ1) is 19.0. The van der Waals surface area contributed by atoms with Crippen LogP contribution in [0.2, 0.25) is 0 Å². The summed E-state index contributed by atoms with van der Waals surface area (Å²) >= 11 is 0. The highest BCUT2D eigenvalue weighted by molar-refractivity contribution is 5.92. The summed E-state index contributed by atoms with van der Waals surface area (Å²) in [5, 5.41) is 6.13. The summed E-state index contributed by atoms with van der Waals surface area (Å²) in [5.74, 6) is -0.216. The van der Waals surface area contributed by atoms with Crippen molar-refractivity contribution in [2.75, 3.05) is 45.3 Å². The summed E-state index contributed by atoms with van der Waals surface area (Å²) in [6.07, 6.45) is 3.10. The van der Waals surface area contributed by atoms with Crippen molar-refractivity contribution in [2.45, 2.75) is 25.8 Å². The second-order valence-corrected chi connectivity index (χ2v) is 5.79. The largest absolute Gasteiger partial charge is 0.450 e. The number of ether oxygens (including phenoxy) is 2. The molecule has 0 aromatic carbocycles. The lowest BCUT2D eigenvalue weighted by atomic mass is 10.1. The van der Waals surface area contributed by atoms with Crippen molar-refractivity contribution in [1.82, 2.24) is 15.2 Å². The number of rotatable bonds is 7. The molecule has 1 saturated heterocycles. The van der Waals surface area contributed by atoms with Crippen molar-refractivity contribution in [3.05, 3.63) is 24.0 Å². The number of nitrogens with zero attached hydrogens (tertiary/aromatic N) is 2. The van der Waals surface area contributed by atoms with Crippen LogP contribution in [0.4, 0.5) is 10.5 Å². The molecule has 0 unspecified atom stereocenters. The summed E-state index contributed by atoms with van der Waals surface area (Å²) < 4.78 is 9.91. The van der Waals surface area contributed by atoms with Crippen LogP contribution in [0.1, 0.15) is 30.3 Å². The molecule has 1 fully saturated rings. The molecule has 1 aliphatic heterocycles. The van der Waals surface area contributed by atoms with Gasteiger partial charge in [0.25, 0.3) is 5.91 Å². The molecule has 1 aromatic rings. The van der Waals surface area contributed by atoms with E-state index in [-0.39, 0.29) is 18.0 Å². The lowest BCUT2D eigenvalue weighted by Gasteiger charge is -2.32. The Bertz CT molecular complexity index is 556. The number of nitrogens with one attached hydrogen (secondary N) is 2. The Hall–Kier alpha value is -2.35. The van der Waals surface area contributed by atoms with Gasteiger partial charge in [-0.3, -0.25) is 4.79 Å². The molecule has 2 N–H and O–H groups in total. The fourth-order valence-corrected chi connectivity index (χ4v) is 2.63.